The number of nitrogens with zero attached hydrogens (tertiary/aromatic N) is 4. The maximum atomic E-state index is 10.4. The Hall–Kier alpha value is -1.46. The predicted molar refractivity (Wildman–Crippen MR) is 94.0 cm³/mol. The number of hydrogen-bond acceptors (Lipinski definition) is 9. The maximum Gasteiger partial charge on any atom is 0.167 e. The highest BCUT2D eigenvalue weighted by Gasteiger charge is 2.44. The van der Waals surface area contributed by atoms with Crippen LogP contribution >= 0.6 is 11.8 Å². The number of nitrogens with two attached hydrogens (primary N) is 1. The minimum atomic E-state index is -1.05. The lowest BCUT2D eigenvalue weighted by Gasteiger charge is -2.24. The standard InChI is InChI=1S/C15H22N6O3S/c16-13-10-14(19-6-18-13)21(7-20-10)15-12(23)11(22)9(24-15)5-25-8-1-3-17-4-2-8/h6-9,11-12,15,17,22-23H,1-5H2,(H2,16,18,19)/t9-,11?,12?,15-/m1/s1. The zero-order valence-corrected chi connectivity index (χ0v) is 14.5. The molecule has 0 amide bonds. The van der Waals surface area contributed by atoms with Crippen molar-refractivity contribution < 1.29 is 14.9 Å². The molecule has 0 aliphatic carbocycles. The average molecular weight is 366 g/mol. The van der Waals surface area contributed by atoms with Crippen molar-refractivity contribution in [2.75, 3.05) is 24.6 Å². The van der Waals surface area contributed by atoms with Crippen LogP contribution in [0.4, 0.5) is 5.82 Å². The fourth-order valence-electron chi connectivity index (χ4n) is 3.35. The van der Waals surface area contributed by atoms with Crippen LogP contribution in [0.2, 0.25) is 0 Å². The normalized spacial score (nSPS) is 31.0. The molecule has 0 radical (unpaired) electrons. The molecular weight excluding hydrogens is 344 g/mol. The molecule has 2 aliphatic rings. The number of piperidine rings is 1. The van der Waals surface area contributed by atoms with E-state index in [2.05, 4.69) is 20.3 Å². The SMILES string of the molecule is Nc1ncnc2c1ncn2[C@@H]1O[C@H](CSC2CCNCC2)C(O)C1O. The van der Waals surface area contributed by atoms with Crippen molar-refractivity contribution >= 4 is 28.7 Å². The van der Waals surface area contributed by atoms with Gasteiger partial charge in [0.25, 0.3) is 0 Å². The Kier molecular flexibility index (Phi) is 4.78. The van der Waals surface area contributed by atoms with Gasteiger partial charge in [0.1, 0.15) is 24.1 Å². The molecule has 0 saturated carbocycles. The number of aliphatic hydroxyl groups is 2. The number of hydrogen-bond donors (Lipinski definition) is 4. The van der Waals surface area contributed by atoms with Crippen LogP contribution in [0.1, 0.15) is 19.1 Å². The zero-order valence-electron chi connectivity index (χ0n) is 13.7. The molecule has 2 unspecified atom stereocenters. The predicted octanol–water partition coefficient (Wildman–Crippen LogP) is -0.487. The second kappa shape index (κ2) is 7.04. The Morgan fingerprint density at radius 2 is 2.04 bits per heavy atom. The Morgan fingerprint density at radius 1 is 1.24 bits per heavy atom. The van der Waals surface area contributed by atoms with Gasteiger partial charge in [-0.3, -0.25) is 4.57 Å². The van der Waals surface area contributed by atoms with E-state index in [1.54, 1.807) is 16.3 Å². The number of aromatic nitrogens is 4. The van der Waals surface area contributed by atoms with Gasteiger partial charge < -0.3 is 26.0 Å². The van der Waals surface area contributed by atoms with Crippen LogP contribution in [0, 0.1) is 0 Å². The van der Waals surface area contributed by atoms with Crippen LogP contribution in [0.3, 0.4) is 0 Å². The summed E-state index contributed by atoms with van der Waals surface area (Å²) in [5.41, 5.74) is 6.74. The van der Waals surface area contributed by atoms with Gasteiger partial charge in [0.15, 0.2) is 17.7 Å². The molecule has 2 fully saturated rings. The third-order valence-corrected chi connectivity index (χ3v) is 6.24. The molecule has 4 atom stereocenters. The summed E-state index contributed by atoms with van der Waals surface area (Å²) in [5, 5.41) is 24.7. The van der Waals surface area contributed by atoms with E-state index in [0.29, 0.717) is 22.2 Å². The van der Waals surface area contributed by atoms with Crippen LogP contribution in [0.5, 0.6) is 0 Å². The number of nitrogen functional groups attached to an aromatic ring is 1. The summed E-state index contributed by atoms with van der Waals surface area (Å²) in [6, 6.07) is 0. The minimum Gasteiger partial charge on any atom is -0.387 e. The summed E-state index contributed by atoms with van der Waals surface area (Å²) in [6.07, 6.45) is 1.91. The quantitative estimate of drug-likeness (QED) is 0.566. The third-order valence-electron chi connectivity index (χ3n) is 4.78. The Bertz CT molecular complexity index is 737. The van der Waals surface area contributed by atoms with Gasteiger partial charge in [0.05, 0.1) is 12.4 Å². The number of ether oxygens (including phenoxy) is 1. The molecule has 2 aromatic rings. The second-order valence-corrected chi connectivity index (χ2v) is 7.75. The zero-order chi connectivity index (χ0) is 17.4. The lowest BCUT2D eigenvalue weighted by Crippen LogP contribution is -2.34. The van der Waals surface area contributed by atoms with E-state index >= 15 is 0 Å². The Labute approximate surface area is 149 Å². The second-order valence-electron chi connectivity index (χ2n) is 6.41. The smallest absolute Gasteiger partial charge is 0.167 e. The molecule has 2 aromatic heterocycles. The first-order valence-electron chi connectivity index (χ1n) is 8.42. The molecule has 4 rings (SSSR count). The third kappa shape index (κ3) is 3.20. The molecule has 136 valence electrons. The van der Waals surface area contributed by atoms with Gasteiger partial charge in [-0.2, -0.15) is 11.8 Å². The molecule has 0 spiro atoms. The van der Waals surface area contributed by atoms with Gasteiger partial charge in [-0.15, -0.1) is 0 Å². The van der Waals surface area contributed by atoms with Crippen LogP contribution in [-0.2, 0) is 4.74 Å². The molecule has 9 nitrogen and oxygen atoms in total. The maximum absolute atomic E-state index is 10.4. The minimum absolute atomic E-state index is 0.273. The van der Waals surface area contributed by atoms with E-state index in [1.165, 1.54) is 12.7 Å². The first-order chi connectivity index (χ1) is 12.1. The molecule has 4 heterocycles. The molecule has 5 N–H and O–H groups in total. The van der Waals surface area contributed by atoms with E-state index in [0.717, 1.165) is 25.9 Å². The fraction of sp³-hybridized carbons (Fsp3) is 0.667. The molecular formula is C15H22N6O3S. The molecule has 25 heavy (non-hydrogen) atoms. The van der Waals surface area contributed by atoms with Crippen LogP contribution < -0.4 is 11.1 Å². The van der Waals surface area contributed by atoms with E-state index < -0.39 is 24.5 Å². The lowest BCUT2D eigenvalue weighted by atomic mass is 10.1. The number of imidazole rings is 1. The van der Waals surface area contributed by atoms with Gasteiger partial charge in [0, 0.05) is 11.0 Å². The van der Waals surface area contributed by atoms with Gasteiger partial charge in [-0.1, -0.05) is 0 Å². The number of thioether (sulfide) groups is 1. The van der Waals surface area contributed by atoms with Gasteiger partial charge in [-0.05, 0) is 25.9 Å². The highest BCUT2D eigenvalue weighted by Crippen LogP contribution is 2.34. The summed E-state index contributed by atoms with van der Waals surface area (Å²) in [4.78, 5) is 12.3. The average Bonchev–Trinajstić information content (AvgIpc) is 3.18. The summed E-state index contributed by atoms with van der Waals surface area (Å²) in [5.74, 6) is 0.915. The molecule has 2 saturated heterocycles. The first-order valence-corrected chi connectivity index (χ1v) is 9.47. The molecule has 0 aromatic carbocycles. The van der Waals surface area contributed by atoms with E-state index in [1.807, 2.05) is 0 Å². The topological polar surface area (TPSA) is 131 Å². The van der Waals surface area contributed by atoms with Crippen LogP contribution in [-0.4, -0.2) is 72.1 Å². The monoisotopic (exact) mass is 366 g/mol. The first kappa shape index (κ1) is 17.0. The number of anilines is 1. The van der Waals surface area contributed by atoms with Crippen molar-refractivity contribution in [1.29, 1.82) is 0 Å². The largest absolute Gasteiger partial charge is 0.387 e. The van der Waals surface area contributed by atoms with Crippen molar-refractivity contribution in [2.45, 2.75) is 42.6 Å². The van der Waals surface area contributed by atoms with Crippen molar-refractivity contribution in [1.82, 2.24) is 24.8 Å². The van der Waals surface area contributed by atoms with Gasteiger partial charge >= 0.3 is 0 Å². The van der Waals surface area contributed by atoms with Crippen LogP contribution in [0.25, 0.3) is 11.2 Å². The van der Waals surface area contributed by atoms with Gasteiger partial charge in [-0.25, -0.2) is 15.0 Å². The number of rotatable bonds is 4. The van der Waals surface area contributed by atoms with Crippen molar-refractivity contribution in [3.8, 4) is 0 Å². The van der Waals surface area contributed by atoms with Gasteiger partial charge in [0.2, 0.25) is 0 Å². The van der Waals surface area contributed by atoms with Crippen LogP contribution in [0.15, 0.2) is 12.7 Å². The number of aliphatic hydroxyl groups excluding tert-OH is 2. The highest BCUT2D eigenvalue weighted by atomic mass is 32.2. The van der Waals surface area contributed by atoms with Crippen molar-refractivity contribution in [2.24, 2.45) is 0 Å². The number of nitrogens with one attached hydrogen (secondary N) is 1. The molecule has 2 aliphatic heterocycles. The Morgan fingerprint density at radius 3 is 2.84 bits per heavy atom. The summed E-state index contributed by atoms with van der Waals surface area (Å²) >= 11 is 1.80. The van der Waals surface area contributed by atoms with Crippen molar-refractivity contribution in [3.63, 3.8) is 0 Å². The fourth-order valence-corrected chi connectivity index (χ4v) is 4.65. The lowest BCUT2D eigenvalue weighted by molar-refractivity contribution is -0.0289. The summed E-state index contributed by atoms with van der Waals surface area (Å²) in [7, 11) is 0. The Balaban J connectivity index is 1.48. The highest BCUT2D eigenvalue weighted by molar-refractivity contribution is 7.99. The number of fused-ring (bicyclic) bond motifs is 1. The van der Waals surface area contributed by atoms with Crippen molar-refractivity contribution in [3.05, 3.63) is 12.7 Å². The van der Waals surface area contributed by atoms with E-state index in [4.69, 9.17) is 10.5 Å². The summed E-state index contributed by atoms with van der Waals surface area (Å²) in [6.45, 7) is 2.05. The molecule has 10 heteroatoms. The van der Waals surface area contributed by atoms with E-state index in [-0.39, 0.29) is 5.82 Å². The van der Waals surface area contributed by atoms with E-state index in [9.17, 15) is 10.2 Å². The summed E-state index contributed by atoms with van der Waals surface area (Å²) < 4.78 is 7.56. The molecule has 0 bridgehead atoms.